The number of benzene rings is 1. The Morgan fingerprint density at radius 2 is 2.00 bits per heavy atom. The Hall–Kier alpha value is -3.97. The Bertz CT molecular complexity index is 1840. The van der Waals surface area contributed by atoms with Gasteiger partial charge in [-0.2, -0.15) is 0 Å². The molecule has 4 N–H and O–H groups in total. The molecule has 3 aromatic rings. The van der Waals surface area contributed by atoms with Crippen LogP contribution in [0.3, 0.4) is 0 Å². The molecule has 2 aliphatic rings. The van der Waals surface area contributed by atoms with Crippen molar-refractivity contribution in [3.63, 3.8) is 0 Å². The molecule has 12 nitrogen and oxygen atoms in total. The van der Waals surface area contributed by atoms with E-state index in [1.165, 1.54) is 6.07 Å². The van der Waals surface area contributed by atoms with Gasteiger partial charge in [-0.1, -0.05) is 17.7 Å². The molecule has 14 heteroatoms. The highest BCUT2D eigenvalue weighted by molar-refractivity contribution is 7.89. The molecular formula is C29H35ClN8O4S. The molecule has 2 fully saturated rings. The number of carbonyl (C=O) groups excluding carboxylic acids is 1. The first-order valence-corrected chi connectivity index (χ1v) is 16.1. The smallest absolute Gasteiger partial charge is 0.285 e. The maximum absolute atomic E-state index is 13.8. The van der Waals surface area contributed by atoms with Crippen molar-refractivity contribution in [2.45, 2.75) is 38.8 Å². The van der Waals surface area contributed by atoms with Gasteiger partial charge < -0.3 is 16.0 Å². The van der Waals surface area contributed by atoms with Crippen LogP contribution < -0.4 is 26.2 Å². The number of hydrogen-bond acceptors (Lipinski definition) is 10. The Morgan fingerprint density at radius 1 is 1.26 bits per heavy atom. The first-order valence-electron chi connectivity index (χ1n) is 13.9. The predicted molar refractivity (Wildman–Crippen MR) is 169 cm³/mol. The molecule has 4 atom stereocenters. The van der Waals surface area contributed by atoms with Crippen LogP contribution in [0.2, 0.25) is 5.15 Å². The largest absolute Gasteiger partial charge is 0.404 e. The fraction of sp³-hybridized carbons (Fsp3) is 0.414. The molecule has 1 amide bonds. The van der Waals surface area contributed by atoms with E-state index in [9.17, 15) is 18.0 Å². The number of aryl methyl sites for hydroxylation is 1. The second-order valence-electron chi connectivity index (χ2n) is 11.3. The summed E-state index contributed by atoms with van der Waals surface area (Å²) in [5.41, 5.74) is 9.02. The van der Waals surface area contributed by atoms with E-state index < -0.39 is 22.0 Å². The Morgan fingerprint density at radius 3 is 2.65 bits per heavy atom. The molecule has 2 aromatic heterocycles. The minimum absolute atomic E-state index is 0.0312. The number of nitrogens with one attached hydrogen (secondary N) is 2. The second kappa shape index (κ2) is 11.6. The molecule has 1 saturated heterocycles. The lowest BCUT2D eigenvalue weighted by molar-refractivity contribution is 0.0977. The summed E-state index contributed by atoms with van der Waals surface area (Å²) in [6, 6.07) is 6.50. The van der Waals surface area contributed by atoms with Crippen LogP contribution >= 0.6 is 11.6 Å². The number of sulfonamides is 1. The molecule has 0 unspecified atom stereocenters. The lowest BCUT2D eigenvalue weighted by Gasteiger charge is -2.35. The van der Waals surface area contributed by atoms with Gasteiger partial charge in [0.2, 0.25) is 16.0 Å². The molecular weight excluding hydrogens is 592 g/mol. The monoisotopic (exact) mass is 626 g/mol. The fourth-order valence-corrected chi connectivity index (χ4v) is 6.99. The molecule has 1 aliphatic heterocycles. The van der Waals surface area contributed by atoms with Crippen molar-refractivity contribution in [3.05, 3.63) is 68.4 Å². The third-order valence-electron chi connectivity index (χ3n) is 8.16. The molecule has 5 rings (SSSR count). The second-order valence-corrected chi connectivity index (χ2v) is 13.5. The molecule has 1 aliphatic carbocycles. The van der Waals surface area contributed by atoms with Crippen LogP contribution in [0.25, 0.3) is 10.9 Å². The van der Waals surface area contributed by atoms with Crippen LogP contribution in [0.1, 0.15) is 47.4 Å². The number of piperidine rings is 1. The molecule has 3 heterocycles. The van der Waals surface area contributed by atoms with Gasteiger partial charge in [0.05, 0.1) is 28.9 Å². The molecule has 0 spiro atoms. The number of aliphatic imine (C=N–C) groups is 1. The number of amides is 1. The summed E-state index contributed by atoms with van der Waals surface area (Å²) in [5.74, 6) is 0.306. The van der Waals surface area contributed by atoms with Gasteiger partial charge in [-0.3, -0.25) is 19.1 Å². The van der Waals surface area contributed by atoms with E-state index in [0.29, 0.717) is 22.8 Å². The van der Waals surface area contributed by atoms with E-state index in [1.54, 1.807) is 37.1 Å². The average molecular weight is 627 g/mol. The normalized spacial score (nSPS) is 21.1. The van der Waals surface area contributed by atoms with Crippen LogP contribution in [-0.2, 0) is 17.1 Å². The first kappa shape index (κ1) is 30.5. The summed E-state index contributed by atoms with van der Waals surface area (Å²) >= 11 is 6.04. The number of fused-ring (bicyclic) bond motifs is 3. The maximum atomic E-state index is 13.8. The summed E-state index contributed by atoms with van der Waals surface area (Å²) in [6.07, 6.45) is 6.29. The molecule has 2 bridgehead atoms. The van der Waals surface area contributed by atoms with Crippen molar-refractivity contribution in [2.75, 3.05) is 30.1 Å². The highest BCUT2D eigenvalue weighted by Gasteiger charge is 2.47. The number of halogens is 1. The molecule has 1 aromatic carbocycles. The Balaban J connectivity index is 1.57. The quantitative estimate of drug-likeness (QED) is 0.252. The van der Waals surface area contributed by atoms with Gasteiger partial charge in [0, 0.05) is 44.4 Å². The molecule has 0 radical (unpaired) electrons. The SMILES string of the molecule is CN=C/C(=C\N)[C@@H]1C[C@H]2C[C@@H]1N(c1nc3c([C@@H](C)Nc4ccc(Cl)nc4C(=O)NS(C)(=O)=O)cc(C)cc3c(=O)n1C)C2. The van der Waals surface area contributed by atoms with E-state index in [4.69, 9.17) is 22.3 Å². The number of pyridine rings is 1. The number of anilines is 2. The van der Waals surface area contributed by atoms with Gasteiger partial charge in [0.1, 0.15) is 5.15 Å². The topological polar surface area (TPSA) is 165 Å². The van der Waals surface area contributed by atoms with Crippen LogP contribution in [0.15, 0.2) is 45.8 Å². The number of carbonyl (C=O) groups is 1. The van der Waals surface area contributed by atoms with Gasteiger partial charge in [-0.15, -0.1) is 0 Å². The molecule has 1 saturated carbocycles. The van der Waals surface area contributed by atoms with Crippen molar-refractivity contribution in [2.24, 2.45) is 29.6 Å². The summed E-state index contributed by atoms with van der Waals surface area (Å²) < 4.78 is 27.0. The van der Waals surface area contributed by atoms with Gasteiger partial charge in [0.25, 0.3) is 11.5 Å². The van der Waals surface area contributed by atoms with Crippen LogP contribution in [0, 0.1) is 18.8 Å². The maximum Gasteiger partial charge on any atom is 0.285 e. The third-order valence-corrected chi connectivity index (χ3v) is 8.93. The standard InChI is InChI=1S/C29H35ClN8O4S/c1-15-8-19(16(2)33-22-6-7-24(30)34-26(22)27(39)36-43(5,41)42)25-21(9-15)28(40)37(4)29(35-25)38-14-17-10-20(23(38)11-17)18(12-31)13-32-3/h6-9,12-13,16-17,20,23,33H,10-11,14,31H2,1-5H3,(H,36,39)/b18-12+,32-13?/t16-,17+,20+,23+/m1/s1. The lowest BCUT2D eigenvalue weighted by atomic mass is 9.91. The van der Waals surface area contributed by atoms with Crippen LogP contribution in [0.4, 0.5) is 11.6 Å². The summed E-state index contributed by atoms with van der Waals surface area (Å²) in [5, 5.41) is 3.76. The van der Waals surface area contributed by atoms with Gasteiger partial charge in [-0.25, -0.2) is 23.1 Å². The number of aromatic nitrogens is 3. The zero-order valence-electron chi connectivity index (χ0n) is 24.6. The highest BCUT2D eigenvalue weighted by Crippen LogP contribution is 2.46. The molecule has 43 heavy (non-hydrogen) atoms. The minimum atomic E-state index is -3.84. The van der Waals surface area contributed by atoms with Crippen LogP contribution in [-0.4, -0.2) is 61.0 Å². The van der Waals surface area contributed by atoms with E-state index in [-0.39, 0.29) is 34.1 Å². The van der Waals surface area contributed by atoms with Gasteiger partial charge in [0.15, 0.2) is 5.69 Å². The number of hydrogen-bond donors (Lipinski definition) is 3. The molecule has 228 valence electrons. The predicted octanol–water partition coefficient (Wildman–Crippen LogP) is 2.91. The zero-order valence-corrected chi connectivity index (χ0v) is 26.2. The third kappa shape index (κ3) is 5.96. The number of rotatable bonds is 8. The highest BCUT2D eigenvalue weighted by atomic mass is 35.5. The van der Waals surface area contributed by atoms with Crippen molar-refractivity contribution in [1.82, 2.24) is 19.3 Å². The zero-order chi connectivity index (χ0) is 31.2. The average Bonchev–Trinajstić information content (AvgIpc) is 3.55. The van der Waals surface area contributed by atoms with E-state index >= 15 is 0 Å². The van der Waals surface area contributed by atoms with Crippen molar-refractivity contribution in [1.29, 1.82) is 0 Å². The lowest BCUT2D eigenvalue weighted by Crippen LogP contribution is -2.42. The van der Waals surface area contributed by atoms with E-state index in [1.807, 2.05) is 30.7 Å². The summed E-state index contributed by atoms with van der Waals surface area (Å²) in [4.78, 5) is 42.1. The first-order chi connectivity index (χ1) is 20.3. The Kier molecular flexibility index (Phi) is 8.23. The summed E-state index contributed by atoms with van der Waals surface area (Å²) in [6.45, 7) is 4.56. The van der Waals surface area contributed by atoms with Crippen molar-refractivity contribution in [3.8, 4) is 0 Å². The van der Waals surface area contributed by atoms with Gasteiger partial charge >= 0.3 is 0 Å². The van der Waals surface area contributed by atoms with Crippen molar-refractivity contribution >= 4 is 56.3 Å². The number of nitrogens with two attached hydrogens (primary N) is 1. The van der Waals surface area contributed by atoms with E-state index in [0.717, 1.165) is 42.3 Å². The van der Waals surface area contributed by atoms with Crippen molar-refractivity contribution < 1.29 is 13.2 Å². The fourth-order valence-electron chi connectivity index (χ4n) is 6.41. The summed E-state index contributed by atoms with van der Waals surface area (Å²) in [7, 11) is -0.367. The minimum Gasteiger partial charge on any atom is -0.404 e. The Labute approximate surface area is 255 Å². The van der Waals surface area contributed by atoms with E-state index in [2.05, 4.69) is 20.2 Å². The number of nitrogens with zero attached hydrogens (tertiary/aromatic N) is 5. The van der Waals surface area contributed by atoms with Crippen LogP contribution in [0.5, 0.6) is 0 Å². The van der Waals surface area contributed by atoms with Gasteiger partial charge in [-0.05, 0) is 68.1 Å².